The van der Waals surface area contributed by atoms with Gasteiger partial charge in [0.05, 0.1) is 31.4 Å². The van der Waals surface area contributed by atoms with Crippen LogP contribution in [0.1, 0.15) is 45.9 Å². The number of aromatic carboxylic acids is 1. The number of aromatic nitrogens is 1. The summed E-state index contributed by atoms with van der Waals surface area (Å²) in [6.07, 6.45) is 3.24. The third-order valence-corrected chi connectivity index (χ3v) is 5.53. The molecule has 0 spiro atoms. The molecule has 2 unspecified atom stereocenters. The lowest BCUT2D eigenvalue weighted by Crippen LogP contribution is -2.40. The Balaban J connectivity index is 1.94. The quantitative estimate of drug-likeness (QED) is 0.486. The molecule has 0 saturated heterocycles. The second-order valence-electron chi connectivity index (χ2n) is 7.57. The second-order valence-corrected chi connectivity index (χ2v) is 7.57. The van der Waals surface area contributed by atoms with E-state index >= 15 is 0 Å². The zero-order valence-electron chi connectivity index (χ0n) is 18.6. The van der Waals surface area contributed by atoms with Crippen LogP contribution in [0, 0.1) is 0 Å². The number of phenols is 1. The maximum Gasteiger partial charge on any atom is 0.341 e. The first-order valence-electron chi connectivity index (χ1n) is 10.6. The first-order chi connectivity index (χ1) is 16.4. The average Bonchev–Trinajstić information content (AvgIpc) is 2.85. The molecule has 1 aliphatic heterocycles. The Hall–Kier alpha value is -4.40. The van der Waals surface area contributed by atoms with Gasteiger partial charge in [-0.1, -0.05) is 18.2 Å². The zero-order valence-corrected chi connectivity index (χ0v) is 18.6. The standard InChI is InChI=1S/C25H23N3O6/c1-3-34-19-12-16(11-18(23(19)29)24(30)31)22-20(14-6-4-8-17(10-14)33-2)21(27-25(32)28-22)15-7-5-9-26-13-15/h4-13,20,22,29H,3H2,1-2H3,(H,28,32)(H,30,31). The van der Waals surface area contributed by atoms with Crippen LogP contribution in [0.25, 0.3) is 0 Å². The topological polar surface area (TPSA) is 130 Å². The number of carbonyl (C=O) groups excluding carboxylic acids is 1. The fourth-order valence-corrected chi connectivity index (χ4v) is 4.04. The molecule has 1 aromatic heterocycles. The molecule has 3 aromatic rings. The molecule has 0 aliphatic carbocycles. The molecule has 0 fully saturated rings. The number of amides is 2. The molecular weight excluding hydrogens is 438 g/mol. The number of benzene rings is 2. The second kappa shape index (κ2) is 9.62. The van der Waals surface area contributed by atoms with Crippen LogP contribution in [0.3, 0.4) is 0 Å². The van der Waals surface area contributed by atoms with Gasteiger partial charge in [-0.25, -0.2) is 9.59 Å². The van der Waals surface area contributed by atoms with Gasteiger partial charge in [-0.15, -0.1) is 0 Å². The van der Waals surface area contributed by atoms with Crippen molar-refractivity contribution in [3.63, 3.8) is 0 Å². The Kier molecular flexibility index (Phi) is 6.44. The van der Waals surface area contributed by atoms with E-state index in [-0.39, 0.29) is 17.9 Å². The maximum absolute atomic E-state index is 12.7. The van der Waals surface area contributed by atoms with Gasteiger partial charge >= 0.3 is 12.0 Å². The zero-order chi connectivity index (χ0) is 24.2. The summed E-state index contributed by atoms with van der Waals surface area (Å²) in [5.41, 5.74) is 2.02. The summed E-state index contributed by atoms with van der Waals surface area (Å²) in [6, 6.07) is 12.5. The van der Waals surface area contributed by atoms with Gasteiger partial charge in [-0.3, -0.25) is 4.98 Å². The van der Waals surface area contributed by atoms with Gasteiger partial charge in [0.1, 0.15) is 11.3 Å². The lowest BCUT2D eigenvalue weighted by Gasteiger charge is -2.33. The smallest absolute Gasteiger partial charge is 0.341 e. The van der Waals surface area contributed by atoms with Crippen LogP contribution in [0.4, 0.5) is 4.79 Å². The Morgan fingerprint density at radius 2 is 1.97 bits per heavy atom. The molecule has 2 heterocycles. The molecule has 34 heavy (non-hydrogen) atoms. The number of hydrogen-bond acceptors (Lipinski definition) is 6. The number of carboxylic acids is 1. The molecule has 2 amide bonds. The van der Waals surface area contributed by atoms with Crippen molar-refractivity contribution in [3.05, 3.63) is 83.2 Å². The third-order valence-electron chi connectivity index (χ3n) is 5.53. The Morgan fingerprint density at radius 1 is 1.15 bits per heavy atom. The van der Waals surface area contributed by atoms with Crippen molar-refractivity contribution in [1.29, 1.82) is 0 Å². The molecule has 3 N–H and O–H groups in total. The van der Waals surface area contributed by atoms with Crippen molar-refractivity contribution in [2.24, 2.45) is 4.99 Å². The maximum atomic E-state index is 12.7. The lowest BCUT2D eigenvalue weighted by molar-refractivity contribution is 0.0692. The van der Waals surface area contributed by atoms with Gasteiger partial charge in [0.2, 0.25) is 0 Å². The Labute approximate surface area is 195 Å². The highest BCUT2D eigenvalue weighted by Crippen LogP contribution is 2.41. The molecule has 4 rings (SSSR count). The van der Waals surface area contributed by atoms with Crippen molar-refractivity contribution in [2.45, 2.75) is 18.9 Å². The van der Waals surface area contributed by atoms with Gasteiger partial charge in [-0.05, 0) is 48.4 Å². The van der Waals surface area contributed by atoms with Crippen LogP contribution in [-0.2, 0) is 0 Å². The van der Waals surface area contributed by atoms with E-state index in [9.17, 15) is 19.8 Å². The number of rotatable bonds is 7. The molecule has 2 atom stereocenters. The first-order valence-corrected chi connectivity index (χ1v) is 10.6. The number of nitrogens with one attached hydrogen (secondary N) is 1. The molecule has 174 valence electrons. The normalized spacial score (nSPS) is 17.5. The molecule has 2 aromatic carbocycles. The number of carboxylic acid groups (broad SMARTS) is 1. The minimum absolute atomic E-state index is 0.0153. The lowest BCUT2D eigenvalue weighted by atomic mass is 9.80. The van der Waals surface area contributed by atoms with Crippen molar-refractivity contribution in [1.82, 2.24) is 10.3 Å². The highest BCUT2D eigenvalue weighted by atomic mass is 16.5. The molecule has 0 saturated carbocycles. The summed E-state index contributed by atoms with van der Waals surface area (Å²) in [5, 5.41) is 22.9. The summed E-state index contributed by atoms with van der Waals surface area (Å²) in [5.74, 6) is -1.68. The number of methoxy groups -OCH3 is 1. The monoisotopic (exact) mass is 461 g/mol. The molecule has 9 heteroatoms. The highest BCUT2D eigenvalue weighted by molar-refractivity contribution is 6.12. The van der Waals surface area contributed by atoms with Crippen molar-refractivity contribution >= 4 is 17.7 Å². The molecule has 0 bridgehead atoms. The number of hydrogen-bond donors (Lipinski definition) is 3. The number of aromatic hydroxyl groups is 1. The van der Waals surface area contributed by atoms with Crippen LogP contribution < -0.4 is 14.8 Å². The average molecular weight is 461 g/mol. The molecular formula is C25H23N3O6. The van der Waals surface area contributed by atoms with E-state index in [4.69, 9.17) is 9.47 Å². The molecule has 0 radical (unpaired) electrons. The van der Waals surface area contributed by atoms with Gasteiger partial charge < -0.3 is 25.0 Å². The van der Waals surface area contributed by atoms with Crippen molar-refractivity contribution in [3.8, 4) is 17.2 Å². The van der Waals surface area contributed by atoms with E-state index < -0.39 is 29.7 Å². The summed E-state index contributed by atoms with van der Waals surface area (Å²) in [6.45, 7) is 1.94. The predicted molar refractivity (Wildman–Crippen MR) is 124 cm³/mol. The van der Waals surface area contributed by atoms with Gasteiger partial charge in [0.25, 0.3) is 0 Å². The van der Waals surface area contributed by atoms with E-state index in [2.05, 4.69) is 15.3 Å². The largest absolute Gasteiger partial charge is 0.504 e. The van der Waals surface area contributed by atoms with Crippen molar-refractivity contribution < 1.29 is 29.3 Å². The number of ether oxygens (including phenoxy) is 2. The summed E-state index contributed by atoms with van der Waals surface area (Å²) in [4.78, 5) is 33.0. The number of aliphatic imine (C=N–C) groups is 1. The van der Waals surface area contributed by atoms with E-state index in [0.29, 0.717) is 22.6 Å². The fraction of sp³-hybridized carbons (Fsp3) is 0.200. The number of urea groups is 1. The fourth-order valence-electron chi connectivity index (χ4n) is 4.04. The highest BCUT2D eigenvalue weighted by Gasteiger charge is 2.37. The number of nitrogens with zero attached hydrogens (tertiary/aromatic N) is 2. The first kappa shape index (κ1) is 22.8. The van der Waals surface area contributed by atoms with Crippen LogP contribution in [0.5, 0.6) is 17.2 Å². The summed E-state index contributed by atoms with van der Waals surface area (Å²) < 4.78 is 10.9. The summed E-state index contributed by atoms with van der Waals surface area (Å²) in [7, 11) is 1.56. The van der Waals surface area contributed by atoms with Crippen LogP contribution in [-0.4, -0.2) is 46.6 Å². The van der Waals surface area contributed by atoms with E-state index in [1.165, 1.54) is 12.1 Å². The summed E-state index contributed by atoms with van der Waals surface area (Å²) >= 11 is 0. The van der Waals surface area contributed by atoms with Crippen LogP contribution in [0.15, 0.2) is 65.9 Å². The number of carbonyl (C=O) groups is 2. The molecule has 1 aliphatic rings. The third kappa shape index (κ3) is 4.40. The predicted octanol–water partition coefficient (Wildman–Crippen LogP) is 3.93. The SMILES string of the molecule is CCOc1cc(C2NC(=O)N=C(c3cccnc3)C2c2cccc(OC)c2)cc(C(=O)O)c1O. The van der Waals surface area contributed by atoms with Crippen molar-refractivity contribution in [2.75, 3.05) is 13.7 Å². The number of pyridine rings is 1. The Bertz CT molecular complexity index is 1260. The van der Waals surface area contributed by atoms with Gasteiger partial charge in [0, 0.05) is 18.0 Å². The van der Waals surface area contributed by atoms with E-state index in [0.717, 1.165) is 5.56 Å². The minimum Gasteiger partial charge on any atom is -0.504 e. The van der Waals surface area contributed by atoms with Crippen LogP contribution >= 0.6 is 0 Å². The minimum atomic E-state index is -1.32. The van der Waals surface area contributed by atoms with Gasteiger partial charge in [-0.2, -0.15) is 4.99 Å². The van der Waals surface area contributed by atoms with E-state index in [1.54, 1.807) is 44.6 Å². The van der Waals surface area contributed by atoms with Gasteiger partial charge in [0.15, 0.2) is 11.5 Å². The van der Waals surface area contributed by atoms with Crippen LogP contribution in [0.2, 0.25) is 0 Å². The molecule has 9 nitrogen and oxygen atoms in total. The van der Waals surface area contributed by atoms with E-state index in [1.807, 2.05) is 18.2 Å². The Morgan fingerprint density at radius 3 is 2.65 bits per heavy atom.